The first kappa shape index (κ1) is 25.8. The minimum absolute atomic E-state index is 0.0252. The highest BCUT2D eigenvalue weighted by Crippen LogP contribution is 2.37. The quantitative estimate of drug-likeness (QED) is 0.160. The van der Waals surface area contributed by atoms with Crippen LogP contribution >= 0.6 is 0 Å². The Morgan fingerprint density at radius 3 is 2.40 bits per heavy atom. The van der Waals surface area contributed by atoms with E-state index in [0.717, 1.165) is 59.2 Å². The van der Waals surface area contributed by atoms with E-state index in [2.05, 4.69) is 40.8 Å². The van der Waals surface area contributed by atoms with Crippen molar-refractivity contribution in [2.24, 2.45) is 0 Å². The van der Waals surface area contributed by atoms with E-state index in [1.54, 1.807) is 0 Å². The summed E-state index contributed by atoms with van der Waals surface area (Å²) in [6, 6.07) is 20.4. The second kappa shape index (κ2) is 10.6. The fraction of sp³-hybridized carbons (Fsp3) is 0.265. The van der Waals surface area contributed by atoms with Gasteiger partial charge in [-0.2, -0.15) is 0 Å². The molecular formula is C34H36N4O2. The smallest absolute Gasteiger partial charge is 0.274 e. The van der Waals surface area contributed by atoms with Crippen LogP contribution in [0.1, 0.15) is 58.7 Å². The lowest BCUT2D eigenvalue weighted by Crippen LogP contribution is -2.29. The molecule has 1 amide bonds. The Kier molecular flexibility index (Phi) is 6.84. The first-order chi connectivity index (χ1) is 19.5. The van der Waals surface area contributed by atoms with Crippen molar-refractivity contribution < 1.29 is 9.53 Å². The summed E-state index contributed by atoms with van der Waals surface area (Å²) in [6.45, 7) is 9.35. The third kappa shape index (κ3) is 4.53. The summed E-state index contributed by atoms with van der Waals surface area (Å²) in [7, 11) is 0. The first-order valence-electron chi connectivity index (χ1n) is 14.3. The molecule has 2 aliphatic rings. The lowest BCUT2D eigenvalue weighted by Gasteiger charge is -2.16. The number of nitrogens with one attached hydrogen (secondary N) is 2. The summed E-state index contributed by atoms with van der Waals surface area (Å²) in [4.78, 5) is 22.4. The van der Waals surface area contributed by atoms with Crippen molar-refractivity contribution in [2.75, 3.05) is 23.8 Å². The van der Waals surface area contributed by atoms with Crippen molar-refractivity contribution in [3.63, 3.8) is 0 Å². The van der Waals surface area contributed by atoms with Crippen molar-refractivity contribution in [1.29, 1.82) is 0 Å². The predicted octanol–water partition coefficient (Wildman–Crippen LogP) is 7.18. The summed E-state index contributed by atoms with van der Waals surface area (Å²) in [6.07, 6.45) is 5.01. The Bertz CT molecular complexity index is 1720. The van der Waals surface area contributed by atoms with Gasteiger partial charge in [0.05, 0.1) is 12.3 Å². The number of rotatable bonds is 6. The van der Waals surface area contributed by atoms with E-state index >= 15 is 0 Å². The van der Waals surface area contributed by atoms with Crippen LogP contribution in [0.25, 0.3) is 27.6 Å². The van der Waals surface area contributed by atoms with Gasteiger partial charge < -0.3 is 25.3 Å². The number of nitrogens with two attached hydrogens (primary N) is 1. The molecule has 5 aromatic rings. The molecule has 3 heterocycles. The number of carbonyl (C=O) groups excluding carboxylic acids is 1. The molecule has 204 valence electrons. The first-order valence-corrected chi connectivity index (χ1v) is 14.3. The largest absolute Gasteiger partial charge is 0.492 e. The number of H-pyrrole nitrogens is 2. The van der Waals surface area contributed by atoms with Crippen LogP contribution in [-0.4, -0.2) is 29.0 Å². The van der Waals surface area contributed by atoms with Gasteiger partial charge in [-0.15, -0.1) is 0 Å². The molecule has 0 saturated carbocycles. The Morgan fingerprint density at radius 1 is 0.900 bits per heavy atom. The number of nitrogen functional groups attached to an aromatic ring is 1. The average Bonchev–Trinajstić information content (AvgIpc) is 3.77. The number of hydrogen-bond donors (Lipinski definition) is 3. The molecule has 6 heteroatoms. The second-order valence-corrected chi connectivity index (χ2v) is 10.4. The van der Waals surface area contributed by atoms with E-state index in [1.807, 2.05) is 55.1 Å². The van der Waals surface area contributed by atoms with Gasteiger partial charge in [0.1, 0.15) is 11.5 Å². The average molecular weight is 533 g/mol. The topological polar surface area (TPSA) is 87.1 Å². The van der Waals surface area contributed by atoms with Gasteiger partial charge in [0.2, 0.25) is 0 Å². The van der Waals surface area contributed by atoms with E-state index < -0.39 is 0 Å². The minimum Gasteiger partial charge on any atom is -0.492 e. The summed E-state index contributed by atoms with van der Waals surface area (Å²) in [5.74, 6) is 0.638. The van der Waals surface area contributed by atoms with E-state index in [-0.39, 0.29) is 5.91 Å². The highest BCUT2D eigenvalue weighted by molar-refractivity contribution is 6.10. The van der Waals surface area contributed by atoms with Crippen LogP contribution in [0.15, 0.2) is 67.2 Å². The summed E-state index contributed by atoms with van der Waals surface area (Å²) in [5.41, 5.74) is 16.3. The van der Waals surface area contributed by atoms with Crippen LogP contribution < -0.4 is 10.6 Å². The van der Waals surface area contributed by atoms with Crippen molar-refractivity contribution in [1.82, 2.24) is 9.97 Å². The fourth-order valence-electron chi connectivity index (χ4n) is 6.08. The van der Waals surface area contributed by atoms with Crippen LogP contribution in [0.5, 0.6) is 0 Å². The zero-order chi connectivity index (χ0) is 27.8. The number of carbonyl (C=O) groups is 1. The number of benzene rings is 3. The number of ether oxygens (including phenoxy) is 1. The number of aromatic nitrogens is 2. The van der Waals surface area contributed by atoms with Crippen molar-refractivity contribution in [3.05, 3.63) is 101 Å². The maximum Gasteiger partial charge on any atom is 0.274 e. The van der Waals surface area contributed by atoms with Gasteiger partial charge in [-0.3, -0.25) is 4.79 Å². The molecule has 0 spiro atoms. The minimum atomic E-state index is 0.0252. The maximum atomic E-state index is 13.6. The molecule has 4 N–H and O–H groups in total. The third-order valence-electron chi connectivity index (χ3n) is 8.07. The Balaban J connectivity index is 0.00000142. The lowest BCUT2D eigenvalue weighted by molar-refractivity contribution is 0.0985. The van der Waals surface area contributed by atoms with Gasteiger partial charge >= 0.3 is 0 Å². The standard InChI is InChI=1S/C32H30N4O2.C2H6/c1-19(38-16-14-20-5-8-22(33)9-6-20)29-17-26-24-13-15-36(31(24)12-11-28(26)34-29)32(37)30-18-25-23-4-2-3-21(23)7-10-27(25)35-30;1-2/h5-12,17-18,34-35H,1-4,13-16,33H2;1-2H3. The van der Waals surface area contributed by atoms with Gasteiger partial charge in [0.25, 0.3) is 5.91 Å². The molecule has 0 unspecified atom stereocenters. The van der Waals surface area contributed by atoms with Crippen LogP contribution in [-0.2, 0) is 30.4 Å². The van der Waals surface area contributed by atoms with Crippen molar-refractivity contribution >= 4 is 44.8 Å². The van der Waals surface area contributed by atoms with E-state index in [1.165, 1.54) is 34.1 Å². The zero-order valence-electron chi connectivity index (χ0n) is 23.3. The molecule has 0 radical (unpaired) electrons. The van der Waals surface area contributed by atoms with Gasteiger partial charge in [-0.05, 0) is 90.4 Å². The maximum absolute atomic E-state index is 13.6. The normalized spacial score (nSPS) is 13.7. The Labute approximate surface area is 234 Å². The molecular weight excluding hydrogens is 496 g/mol. The predicted molar refractivity (Wildman–Crippen MR) is 165 cm³/mol. The van der Waals surface area contributed by atoms with Crippen LogP contribution in [0.2, 0.25) is 0 Å². The molecule has 1 aliphatic heterocycles. The summed E-state index contributed by atoms with van der Waals surface area (Å²) < 4.78 is 5.96. The van der Waals surface area contributed by atoms with E-state index in [4.69, 9.17) is 10.5 Å². The number of fused-ring (bicyclic) bond motifs is 6. The van der Waals surface area contributed by atoms with Crippen LogP contribution in [0.3, 0.4) is 0 Å². The Hall–Kier alpha value is -4.45. The summed E-state index contributed by atoms with van der Waals surface area (Å²) >= 11 is 0. The number of nitrogens with zero attached hydrogens (tertiary/aromatic N) is 1. The highest BCUT2D eigenvalue weighted by atomic mass is 16.5. The molecule has 40 heavy (non-hydrogen) atoms. The second-order valence-electron chi connectivity index (χ2n) is 10.4. The molecule has 0 fully saturated rings. The third-order valence-corrected chi connectivity index (χ3v) is 8.07. The van der Waals surface area contributed by atoms with Crippen LogP contribution in [0, 0.1) is 0 Å². The molecule has 0 bridgehead atoms. The van der Waals surface area contributed by atoms with E-state index in [9.17, 15) is 4.79 Å². The fourth-order valence-corrected chi connectivity index (χ4v) is 6.08. The van der Waals surface area contributed by atoms with Crippen molar-refractivity contribution in [3.8, 4) is 0 Å². The monoisotopic (exact) mass is 532 g/mol. The molecule has 1 aliphatic carbocycles. The summed E-state index contributed by atoms with van der Waals surface area (Å²) in [5, 5.41) is 2.31. The number of aromatic amines is 2. The number of amides is 1. The molecule has 3 aromatic carbocycles. The SMILES string of the molecule is C=C(OCCc1ccc(N)cc1)c1cc2c3c(ccc2[nH]1)N(C(=O)c1cc2c4c(ccc2[nH]1)CCC4)CC3.CC. The number of anilines is 2. The van der Waals surface area contributed by atoms with Crippen molar-refractivity contribution in [2.45, 2.75) is 46.0 Å². The molecule has 2 aromatic heterocycles. The zero-order valence-corrected chi connectivity index (χ0v) is 23.3. The lowest BCUT2D eigenvalue weighted by atomic mass is 10.1. The van der Waals surface area contributed by atoms with E-state index in [0.29, 0.717) is 24.6 Å². The van der Waals surface area contributed by atoms with Crippen LogP contribution in [0.4, 0.5) is 11.4 Å². The molecule has 0 saturated heterocycles. The number of hydrogen-bond acceptors (Lipinski definition) is 3. The molecule has 7 rings (SSSR count). The highest BCUT2D eigenvalue weighted by Gasteiger charge is 2.29. The Morgan fingerprint density at radius 2 is 1.60 bits per heavy atom. The van der Waals surface area contributed by atoms with Gasteiger partial charge in [0, 0.05) is 46.1 Å². The van der Waals surface area contributed by atoms with Gasteiger partial charge in [0.15, 0.2) is 0 Å². The van der Waals surface area contributed by atoms with Gasteiger partial charge in [-0.25, -0.2) is 0 Å². The van der Waals surface area contributed by atoms with Gasteiger partial charge in [-0.1, -0.05) is 38.6 Å². The molecule has 0 atom stereocenters. The molecule has 6 nitrogen and oxygen atoms in total. The number of aryl methyl sites for hydroxylation is 2.